The zero-order valence-corrected chi connectivity index (χ0v) is 15.4. The standard InChI is InChI=1S/C22H38/c1-4-7-8-9-10-11-12-13-17-21-19-14-18-20(15-5-2)22(21)16-6-3/h14,18-19H,4-13,15-17H2,1-3H3. The van der Waals surface area contributed by atoms with Crippen molar-refractivity contribution in [2.45, 2.75) is 104 Å². The first kappa shape index (κ1) is 19.3. The smallest absolute Gasteiger partial charge is 0.0276 e. The summed E-state index contributed by atoms with van der Waals surface area (Å²) >= 11 is 0. The van der Waals surface area contributed by atoms with Gasteiger partial charge in [-0.1, -0.05) is 96.8 Å². The van der Waals surface area contributed by atoms with Gasteiger partial charge in [0.1, 0.15) is 0 Å². The molecule has 0 radical (unpaired) electrons. The summed E-state index contributed by atoms with van der Waals surface area (Å²) in [5.41, 5.74) is 4.93. The molecule has 1 aromatic carbocycles. The zero-order valence-electron chi connectivity index (χ0n) is 15.4. The maximum Gasteiger partial charge on any atom is -0.0276 e. The van der Waals surface area contributed by atoms with Crippen molar-refractivity contribution >= 4 is 0 Å². The van der Waals surface area contributed by atoms with Gasteiger partial charge in [-0.2, -0.15) is 0 Å². The predicted molar refractivity (Wildman–Crippen MR) is 101 cm³/mol. The molecule has 0 aromatic heterocycles. The highest BCUT2D eigenvalue weighted by molar-refractivity contribution is 5.35. The lowest BCUT2D eigenvalue weighted by atomic mass is 9.91. The molecule has 0 atom stereocenters. The Labute approximate surface area is 139 Å². The molecule has 22 heavy (non-hydrogen) atoms. The van der Waals surface area contributed by atoms with E-state index in [2.05, 4.69) is 39.0 Å². The zero-order chi connectivity index (χ0) is 16.0. The lowest BCUT2D eigenvalue weighted by Crippen LogP contribution is -2.00. The minimum atomic E-state index is 1.25. The molecule has 0 nitrogen and oxygen atoms in total. The normalized spacial score (nSPS) is 11.0. The molecular formula is C22H38. The average molecular weight is 303 g/mol. The van der Waals surface area contributed by atoms with Crippen molar-refractivity contribution in [3.05, 3.63) is 34.9 Å². The van der Waals surface area contributed by atoms with Crippen LogP contribution in [0.1, 0.15) is 102 Å². The van der Waals surface area contributed by atoms with Crippen molar-refractivity contribution in [2.24, 2.45) is 0 Å². The van der Waals surface area contributed by atoms with Gasteiger partial charge in [0.05, 0.1) is 0 Å². The maximum atomic E-state index is 2.38. The minimum Gasteiger partial charge on any atom is -0.0654 e. The first-order valence-electron chi connectivity index (χ1n) is 9.93. The van der Waals surface area contributed by atoms with E-state index in [1.807, 2.05) is 0 Å². The van der Waals surface area contributed by atoms with Gasteiger partial charge in [-0.25, -0.2) is 0 Å². The van der Waals surface area contributed by atoms with Crippen molar-refractivity contribution in [3.8, 4) is 0 Å². The highest BCUT2D eigenvalue weighted by Crippen LogP contribution is 2.21. The minimum absolute atomic E-state index is 1.25. The molecule has 0 heterocycles. The van der Waals surface area contributed by atoms with Gasteiger partial charge in [-0.05, 0) is 42.4 Å². The van der Waals surface area contributed by atoms with Crippen LogP contribution in [0, 0.1) is 0 Å². The summed E-state index contributed by atoms with van der Waals surface area (Å²) in [6, 6.07) is 7.02. The molecular weight excluding hydrogens is 264 g/mol. The van der Waals surface area contributed by atoms with Gasteiger partial charge in [0.2, 0.25) is 0 Å². The van der Waals surface area contributed by atoms with Crippen LogP contribution in [0.25, 0.3) is 0 Å². The van der Waals surface area contributed by atoms with Crippen LogP contribution < -0.4 is 0 Å². The second-order valence-corrected chi connectivity index (χ2v) is 6.78. The van der Waals surface area contributed by atoms with E-state index in [0.717, 1.165) is 0 Å². The molecule has 0 unspecified atom stereocenters. The molecule has 0 aliphatic carbocycles. The highest BCUT2D eigenvalue weighted by atomic mass is 14.1. The van der Waals surface area contributed by atoms with E-state index in [-0.39, 0.29) is 0 Å². The Morgan fingerprint density at radius 3 is 1.68 bits per heavy atom. The van der Waals surface area contributed by atoms with Crippen LogP contribution in [0.5, 0.6) is 0 Å². The van der Waals surface area contributed by atoms with Crippen LogP contribution in [0.4, 0.5) is 0 Å². The fourth-order valence-corrected chi connectivity index (χ4v) is 3.45. The number of rotatable bonds is 13. The predicted octanol–water partition coefficient (Wildman–Crippen LogP) is 7.27. The number of benzene rings is 1. The third-order valence-corrected chi connectivity index (χ3v) is 4.69. The molecule has 0 aliphatic rings. The van der Waals surface area contributed by atoms with E-state index >= 15 is 0 Å². The van der Waals surface area contributed by atoms with Crippen LogP contribution in [0.2, 0.25) is 0 Å². The van der Waals surface area contributed by atoms with Gasteiger partial charge >= 0.3 is 0 Å². The largest absolute Gasteiger partial charge is 0.0654 e. The van der Waals surface area contributed by atoms with Gasteiger partial charge in [0.25, 0.3) is 0 Å². The number of hydrogen-bond donors (Lipinski definition) is 0. The van der Waals surface area contributed by atoms with E-state index in [9.17, 15) is 0 Å². The molecule has 1 rings (SSSR count). The quantitative estimate of drug-likeness (QED) is 0.336. The number of hydrogen-bond acceptors (Lipinski definition) is 0. The first-order chi connectivity index (χ1) is 10.8. The molecule has 0 bridgehead atoms. The van der Waals surface area contributed by atoms with Crippen LogP contribution in [0.15, 0.2) is 18.2 Å². The molecule has 1 aromatic rings. The Kier molecular flexibility index (Phi) is 11.2. The summed E-state index contributed by atoms with van der Waals surface area (Å²) in [4.78, 5) is 0. The van der Waals surface area contributed by atoms with Crippen molar-refractivity contribution in [2.75, 3.05) is 0 Å². The summed E-state index contributed by atoms with van der Waals surface area (Å²) in [5, 5.41) is 0. The Morgan fingerprint density at radius 1 is 0.545 bits per heavy atom. The van der Waals surface area contributed by atoms with Crippen molar-refractivity contribution in [1.29, 1.82) is 0 Å². The Balaban J connectivity index is 2.36. The average Bonchev–Trinajstić information content (AvgIpc) is 2.53. The Morgan fingerprint density at radius 2 is 1.09 bits per heavy atom. The molecule has 0 amide bonds. The highest BCUT2D eigenvalue weighted by Gasteiger charge is 2.07. The second kappa shape index (κ2) is 12.7. The third kappa shape index (κ3) is 7.47. The van der Waals surface area contributed by atoms with E-state index in [0.29, 0.717) is 0 Å². The third-order valence-electron chi connectivity index (χ3n) is 4.69. The summed E-state index contributed by atoms with van der Waals surface area (Å²) in [6.07, 6.45) is 17.7. The van der Waals surface area contributed by atoms with Gasteiger partial charge in [-0.3, -0.25) is 0 Å². The topological polar surface area (TPSA) is 0 Å². The molecule has 0 heteroatoms. The van der Waals surface area contributed by atoms with Crippen LogP contribution in [-0.2, 0) is 19.3 Å². The summed E-state index contributed by atoms with van der Waals surface area (Å²) < 4.78 is 0. The summed E-state index contributed by atoms with van der Waals surface area (Å²) in [6.45, 7) is 6.89. The molecule has 0 N–H and O–H groups in total. The fourth-order valence-electron chi connectivity index (χ4n) is 3.45. The maximum absolute atomic E-state index is 2.38. The summed E-state index contributed by atoms with van der Waals surface area (Å²) in [5.74, 6) is 0. The molecule has 0 saturated carbocycles. The van der Waals surface area contributed by atoms with Gasteiger partial charge < -0.3 is 0 Å². The molecule has 0 aliphatic heterocycles. The fraction of sp³-hybridized carbons (Fsp3) is 0.727. The van der Waals surface area contributed by atoms with Crippen molar-refractivity contribution in [1.82, 2.24) is 0 Å². The second-order valence-electron chi connectivity index (χ2n) is 6.78. The van der Waals surface area contributed by atoms with E-state index < -0.39 is 0 Å². The lowest BCUT2D eigenvalue weighted by Gasteiger charge is -2.14. The number of unbranched alkanes of at least 4 members (excludes halogenated alkanes) is 7. The van der Waals surface area contributed by atoms with Crippen LogP contribution in [0.3, 0.4) is 0 Å². The van der Waals surface area contributed by atoms with E-state index in [1.54, 1.807) is 16.7 Å². The van der Waals surface area contributed by atoms with Gasteiger partial charge in [0, 0.05) is 0 Å². The lowest BCUT2D eigenvalue weighted by molar-refractivity contribution is 0.575. The van der Waals surface area contributed by atoms with Gasteiger partial charge in [-0.15, -0.1) is 0 Å². The Bertz CT molecular complexity index is 378. The monoisotopic (exact) mass is 302 g/mol. The molecule has 126 valence electrons. The summed E-state index contributed by atoms with van der Waals surface area (Å²) in [7, 11) is 0. The number of aryl methyl sites for hydroxylation is 2. The SMILES string of the molecule is CCCCCCCCCCc1cccc(CCC)c1CCC. The Hall–Kier alpha value is -0.780. The van der Waals surface area contributed by atoms with Crippen molar-refractivity contribution < 1.29 is 0 Å². The van der Waals surface area contributed by atoms with E-state index in [1.165, 1.54) is 83.5 Å². The van der Waals surface area contributed by atoms with Crippen LogP contribution >= 0.6 is 0 Å². The molecule has 0 spiro atoms. The van der Waals surface area contributed by atoms with Crippen molar-refractivity contribution in [3.63, 3.8) is 0 Å². The first-order valence-corrected chi connectivity index (χ1v) is 9.93. The molecule has 0 fully saturated rings. The van der Waals surface area contributed by atoms with Crippen LogP contribution in [-0.4, -0.2) is 0 Å². The van der Waals surface area contributed by atoms with Gasteiger partial charge in [0.15, 0.2) is 0 Å². The van der Waals surface area contributed by atoms with E-state index in [4.69, 9.17) is 0 Å². The molecule has 0 saturated heterocycles.